The van der Waals surface area contributed by atoms with E-state index in [1.165, 1.54) is 11.1 Å². The zero-order valence-corrected chi connectivity index (χ0v) is 15.9. The predicted molar refractivity (Wildman–Crippen MR) is 102 cm³/mol. The van der Waals surface area contributed by atoms with Crippen molar-refractivity contribution in [1.29, 1.82) is 0 Å². The Morgan fingerprint density at radius 2 is 1.88 bits per heavy atom. The Labute approximate surface area is 155 Å². The molecule has 0 spiro atoms. The molecule has 1 aliphatic carbocycles. The van der Waals surface area contributed by atoms with Crippen molar-refractivity contribution in [1.82, 2.24) is 5.32 Å². The first-order valence-corrected chi connectivity index (χ1v) is 9.02. The number of ether oxygens (including phenoxy) is 2. The van der Waals surface area contributed by atoms with E-state index >= 15 is 0 Å². The van der Waals surface area contributed by atoms with Crippen molar-refractivity contribution < 1.29 is 14.3 Å². The zero-order chi connectivity index (χ0) is 17.1. The molecule has 2 aromatic carbocycles. The van der Waals surface area contributed by atoms with Crippen molar-refractivity contribution in [2.75, 3.05) is 14.2 Å². The molecule has 1 N–H and O–H groups in total. The highest BCUT2D eigenvalue weighted by atomic mass is 127. The van der Waals surface area contributed by atoms with Crippen LogP contribution in [0.4, 0.5) is 0 Å². The minimum Gasteiger partial charge on any atom is -0.493 e. The number of amides is 1. The Hall–Kier alpha value is -1.76. The van der Waals surface area contributed by atoms with Crippen molar-refractivity contribution in [2.45, 2.75) is 25.3 Å². The summed E-state index contributed by atoms with van der Waals surface area (Å²) in [6.07, 6.45) is 3.13. The van der Waals surface area contributed by atoms with E-state index in [4.69, 9.17) is 9.47 Å². The highest BCUT2D eigenvalue weighted by Gasteiger charge is 2.23. The van der Waals surface area contributed by atoms with E-state index in [2.05, 4.69) is 46.1 Å². The molecular formula is C19H20INO3. The number of hydrogen-bond donors (Lipinski definition) is 1. The van der Waals surface area contributed by atoms with E-state index in [9.17, 15) is 4.79 Å². The summed E-state index contributed by atoms with van der Waals surface area (Å²) in [6.45, 7) is 0. The largest absolute Gasteiger partial charge is 0.493 e. The first kappa shape index (κ1) is 17.1. The van der Waals surface area contributed by atoms with E-state index in [1.54, 1.807) is 20.3 Å². The van der Waals surface area contributed by atoms with Crippen molar-refractivity contribution >= 4 is 28.5 Å². The number of halogens is 1. The van der Waals surface area contributed by atoms with Crippen molar-refractivity contribution in [3.63, 3.8) is 0 Å². The molecule has 4 nitrogen and oxygen atoms in total. The lowest BCUT2D eigenvalue weighted by atomic mass is 9.87. The number of hydrogen-bond acceptors (Lipinski definition) is 3. The molecule has 0 radical (unpaired) electrons. The van der Waals surface area contributed by atoms with Gasteiger partial charge >= 0.3 is 0 Å². The smallest absolute Gasteiger partial charge is 0.252 e. The minimum atomic E-state index is -0.0814. The SMILES string of the molecule is COc1cc(I)c(C(=O)NC2CCCc3ccccc32)cc1OC. The number of carbonyl (C=O) groups is 1. The lowest BCUT2D eigenvalue weighted by Gasteiger charge is -2.26. The fourth-order valence-corrected chi connectivity index (χ4v) is 3.85. The monoisotopic (exact) mass is 437 g/mol. The summed E-state index contributed by atoms with van der Waals surface area (Å²) in [5.41, 5.74) is 3.17. The third-order valence-corrected chi connectivity index (χ3v) is 5.29. The molecule has 0 saturated heterocycles. The molecule has 0 aromatic heterocycles. The Morgan fingerprint density at radius 1 is 1.17 bits per heavy atom. The van der Waals surface area contributed by atoms with Crippen LogP contribution in [0, 0.1) is 3.57 Å². The van der Waals surface area contributed by atoms with Gasteiger partial charge in [0, 0.05) is 3.57 Å². The predicted octanol–water partition coefficient (Wildman–Crippen LogP) is 4.12. The molecule has 0 saturated carbocycles. The van der Waals surface area contributed by atoms with Crippen LogP contribution in [0.1, 0.15) is 40.4 Å². The number of methoxy groups -OCH3 is 2. The number of nitrogens with one attached hydrogen (secondary N) is 1. The highest BCUT2D eigenvalue weighted by molar-refractivity contribution is 14.1. The van der Waals surface area contributed by atoms with Gasteiger partial charge < -0.3 is 14.8 Å². The lowest BCUT2D eigenvalue weighted by Crippen LogP contribution is -2.31. The van der Waals surface area contributed by atoms with Gasteiger partial charge in [0.05, 0.1) is 25.8 Å². The normalized spacial score (nSPS) is 16.2. The van der Waals surface area contributed by atoms with E-state index in [0.717, 1.165) is 22.8 Å². The molecular weight excluding hydrogens is 417 g/mol. The fraction of sp³-hybridized carbons (Fsp3) is 0.316. The van der Waals surface area contributed by atoms with Crippen LogP contribution >= 0.6 is 22.6 Å². The maximum atomic E-state index is 12.8. The first-order valence-electron chi connectivity index (χ1n) is 7.94. The summed E-state index contributed by atoms with van der Waals surface area (Å²) < 4.78 is 11.4. The summed E-state index contributed by atoms with van der Waals surface area (Å²) in [7, 11) is 3.16. The van der Waals surface area contributed by atoms with Crippen molar-refractivity contribution in [3.8, 4) is 11.5 Å². The van der Waals surface area contributed by atoms with Gasteiger partial charge in [-0.1, -0.05) is 24.3 Å². The number of fused-ring (bicyclic) bond motifs is 1. The van der Waals surface area contributed by atoms with Gasteiger partial charge in [0.1, 0.15) is 0 Å². The van der Waals surface area contributed by atoms with Gasteiger partial charge in [-0.25, -0.2) is 0 Å². The number of rotatable bonds is 4. The minimum absolute atomic E-state index is 0.0614. The molecule has 0 aliphatic heterocycles. The second-order valence-corrected chi connectivity index (χ2v) is 6.97. The third-order valence-electron chi connectivity index (χ3n) is 4.39. The molecule has 24 heavy (non-hydrogen) atoms. The van der Waals surface area contributed by atoms with Crippen molar-refractivity contribution in [3.05, 3.63) is 56.7 Å². The van der Waals surface area contributed by atoms with E-state index in [0.29, 0.717) is 17.1 Å². The summed E-state index contributed by atoms with van der Waals surface area (Å²) >= 11 is 2.16. The summed E-state index contributed by atoms with van der Waals surface area (Å²) in [5.74, 6) is 1.11. The van der Waals surface area contributed by atoms with Crippen LogP contribution in [0.15, 0.2) is 36.4 Å². The van der Waals surface area contributed by atoms with Crippen LogP contribution in [0.5, 0.6) is 11.5 Å². The van der Waals surface area contributed by atoms with Gasteiger partial charge in [0.25, 0.3) is 5.91 Å². The van der Waals surface area contributed by atoms with E-state index in [1.807, 2.05) is 12.1 Å². The van der Waals surface area contributed by atoms with Crippen LogP contribution in [-0.4, -0.2) is 20.1 Å². The molecule has 1 unspecified atom stereocenters. The number of carbonyl (C=O) groups excluding carboxylic acids is 1. The van der Waals surface area contributed by atoms with Crippen LogP contribution in [0.25, 0.3) is 0 Å². The van der Waals surface area contributed by atoms with Gasteiger partial charge in [0.15, 0.2) is 11.5 Å². The maximum Gasteiger partial charge on any atom is 0.252 e. The fourth-order valence-electron chi connectivity index (χ4n) is 3.17. The Kier molecular flexibility index (Phi) is 5.28. The maximum absolute atomic E-state index is 12.8. The summed E-state index contributed by atoms with van der Waals surface area (Å²) in [4.78, 5) is 12.8. The number of aryl methyl sites for hydroxylation is 1. The van der Waals surface area contributed by atoms with Gasteiger partial charge in [-0.3, -0.25) is 4.79 Å². The lowest BCUT2D eigenvalue weighted by molar-refractivity contribution is 0.0931. The van der Waals surface area contributed by atoms with Crippen LogP contribution < -0.4 is 14.8 Å². The standard InChI is InChI=1S/C19H20INO3/c1-23-17-10-14(15(20)11-18(17)24-2)19(22)21-16-9-5-7-12-6-3-4-8-13(12)16/h3-4,6,8,10-11,16H,5,7,9H2,1-2H3,(H,21,22). The van der Waals surface area contributed by atoms with Crippen LogP contribution in [-0.2, 0) is 6.42 Å². The molecule has 0 bridgehead atoms. The van der Waals surface area contributed by atoms with Gasteiger partial charge in [-0.15, -0.1) is 0 Å². The Balaban J connectivity index is 1.86. The first-order chi connectivity index (χ1) is 11.6. The second kappa shape index (κ2) is 7.42. The average molecular weight is 437 g/mol. The molecule has 0 heterocycles. The van der Waals surface area contributed by atoms with E-state index < -0.39 is 0 Å². The number of benzene rings is 2. The van der Waals surface area contributed by atoms with Gasteiger partial charge in [-0.05, 0) is 65.1 Å². The highest BCUT2D eigenvalue weighted by Crippen LogP contribution is 2.33. The average Bonchev–Trinajstić information content (AvgIpc) is 2.61. The zero-order valence-electron chi connectivity index (χ0n) is 13.8. The molecule has 2 aromatic rings. The topological polar surface area (TPSA) is 47.6 Å². The van der Waals surface area contributed by atoms with Crippen molar-refractivity contribution in [2.24, 2.45) is 0 Å². The quantitative estimate of drug-likeness (QED) is 0.733. The molecule has 126 valence electrons. The van der Waals surface area contributed by atoms with Crippen LogP contribution in [0.3, 0.4) is 0 Å². The Morgan fingerprint density at radius 3 is 2.62 bits per heavy atom. The van der Waals surface area contributed by atoms with Crippen LogP contribution in [0.2, 0.25) is 0 Å². The molecule has 5 heteroatoms. The Bertz CT molecular complexity index is 760. The molecule has 1 aliphatic rings. The summed E-state index contributed by atoms with van der Waals surface area (Å²) in [5, 5.41) is 3.18. The summed E-state index contributed by atoms with van der Waals surface area (Å²) in [6, 6.07) is 12.0. The molecule has 3 rings (SSSR count). The van der Waals surface area contributed by atoms with Gasteiger partial charge in [-0.2, -0.15) is 0 Å². The molecule has 1 amide bonds. The molecule has 0 fully saturated rings. The molecule has 1 atom stereocenters. The van der Waals surface area contributed by atoms with Gasteiger partial charge in [0.2, 0.25) is 0 Å². The third kappa shape index (κ3) is 3.36. The van der Waals surface area contributed by atoms with E-state index in [-0.39, 0.29) is 11.9 Å². The second-order valence-electron chi connectivity index (χ2n) is 5.80.